The monoisotopic (exact) mass is 396 g/mol. The SMILES string of the molecule is O=C(Nc1ccccc1N1CCCCCC1)N1CCN(C(=O)c2ccco2)CC1. The van der Waals surface area contributed by atoms with Crippen LogP contribution in [0.2, 0.25) is 0 Å². The third kappa shape index (κ3) is 4.55. The molecule has 7 nitrogen and oxygen atoms in total. The predicted octanol–water partition coefficient (Wildman–Crippen LogP) is 3.65. The molecule has 0 bridgehead atoms. The lowest BCUT2D eigenvalue weighted by molar-refractivity contribution is 0.0640. The van der Waals surface area contributed by atoms with Crippen LogP contribution in [-0.2, 0) is 0 Å². The quantitative estimate of drug-likeness (QED) is 0.860. The number of hydrogen-bond acceptors (Lipinski definition) is 4. The predicted molar refractivity (Wildman–Crippen MR) is 112 cm³/mol. The average molecular weight is 396 g/mol. The maximum Gasteiger partial charge on any atom is 0.322 e. The molecule has 0 unspecified atom stereocenters. The summed E-state index contributed by atoms with van der Waals surface area (Å²) in [6.07, 6.45) is 6.42. The van der Waals surface area contributed by atoms with Crippen molar-refractivity contribution in [3.8, 4) is 0 Å². The van der Waals surface area contributed by atoms with Crippen LogP contribution in [0.1, 0.15) is 36.2 Å². The average Bonchev–Trinajstić information content (AvgIpc) is 3.16. The molecular formula is C22H28N4O3. The number of nitrogens with one attached hydrogen (secondary N) is 1. The second-order valence-electron chi connectivity index (χ2n) is 7.61. The number of benzene rings is 1. The maximum atomic E-state index is 12.8. The minimum atomic E-state index is -0.124. The highest BCUT2D eigenvalue weighted by Gasteiger charge is 2.26. The van der Waals surface area contributed by atoms with Crippen molar-refractivity contribution in [2.75, 3.05) is 49.5 Å². The van der Waals surface area contributed by atoms with E-state index < -0.39 is 0 Å². The molecule has 0 saturated carbocycles. The zero-order valence-corrected chi connectivity index (χ0v) is 16.7. The number of amides is 3. The fourth-order valence-electron chi connectivity index (χ4n) is 4.03. The Labute approximate surface area is 171 Å². The molecule has 0 aliphatic carbocycles. The van der Waals surface area contributed by atoms with E-state index in [0.29, 0.717) is 31.9 Å². The number of anilines is 2. The third-order valence-electron chi connectivity index (χ3n) is 5.68. The van der Waals surface area contributed by atoms with E-state index in [1.54, 1.807) is 21.9 Å². The van der Waals surface area contributed by atoms with Crippen molar-refractivity contribution < 1.29 is 14.0 Å². The van der Waals surface area contributed by atoms with Gasteiger partial charge in [-0.25, -0.2) is 4.79 Å². The van der Waals surface area contributed by atoms with Gasteiger partial charge in [-0.2, -0.15) is 0 Å². The normalized spacial score (nSPS) is 17.7. The van der Waals surface area contributed by atoms with Gasteiger partial charge in [0.2, 0.25) is 0 Å². The number of urea groups is 1. The molecule has 0 radical (unpaired) electrons. The number of rotatable bonds is 3. The summed E-state index contributed by atoms with van der Waals surface area (Å²) >= 11 is 0. The Balaban J connectivity index is 1.36. The van der Waals surface area contributed by atoms with Gasteiger partial charge in [-0.05, 0) is 37.1 Å². The number of para-hydroxylation sites is 2. The van der Waals surface area contributed by atoms with Gasteiger partial charge in [0.15, 0.2) is 5.76 Å². The first-order valence-corrected chi connectivity index (χ1v) is 10.4. The van der Waals surface area contributed by atoms with E-state index in [9.17, 15) is 9.59 Å². The molecule has 1 aromatic carbocycles. The highest BCUT2D eigenvalue weighted by molar-refractivity contribution is 5.94. The van der Waals surface area contributed by atoms with Crippen molar-refractivity contribution in [2.24, 2.45) is 0 Å². The first-order chi connectivity index (χ1) is 14.2. The van der Waals surface area contributed by atoms with Crippen molar-refractivity contribution in [3.63, 3.8) is 0 Å². The zero-order valence-electron chi connectivity index (χ0n) is 16.7. The molecule has 3 amide bonds. The molecule has 29 heavy (non-hydrogen) atoms. The molecule has 2 aliphatic heterocycles. The highest BCUT2D eigenvalue weighted by atomic mass is 16.3. The van der Waals surface area contributed by atoms with Gasteiger partial charge in [-0.15, -0.1) is 0 Å². The van der Waals surface area contributed by atoms with Crippen LogP contribution in [0.5, 0.6) is 0 Å². The van der Waals surface area contributed by atoms with Crippen LogP contribution in [0, 0.1) is 0 Å². The van der Waals surface area contributed by atoms with Gasteiger partial charge < -0.3 is 24.4 Å². The molecule has 2 aliphatic rings. The summed E-state index contributed by atoms with van der Waals surface area (Å²) in [4.78, 5) is 31.1. The van der Waals surface area contributed by atoms with E-state index in [-0.39, 0.29) is 11.9 Å². The van der Waals surface area contributed by atoms with E-state index in [1.165, 1.54) is 31.9 Å². The molecule has 1 N–H and O–H groups in total. The molecule has 0 atom stereocenters. The minimum Gasteiger partial charge on any atom is -0.459 e. The Morgan fingerprint density at radius 1 is 0.793 bits per heavy atom. The molecule has 2 saturated heterocycles. The van der Waals surface area contributed by atoms with Crippen molar-refractivity contribution >= 4 is 23.3 Å². The largest absolute Gasteiger partial charge is 0.459 e. The topological polar surface area (TPSA) is 69.0 Å². The van der Waals surface area contributed by atoms with Crippen molar-refractivity contribution in [2.45, 2.75) is 25.7 Å². The Morgan fingerprint density at radius 2 is 1.48 bits per heavy atom. The van der Waals surface area contributed by atoms with E-state index in [1.807, 2.05) is 18.2 Å². The van der Waals surface area contributed by atoms with Crippen LogP contribution in [0.4, 0.5) is 16.2 Å². The van der Waals surface area contributed by atoms with E-state index >= 15 is 0 Å². The lowest BCUT2D eigenvalue weighted by Gasteiger charge is -2.34. The number of carbonyl (C=O) groups excluding carboxylic acids is 2. The Hall–Kier alpha value is -2.96. The number of furan rings is 1. The van der Waals surface area contributed by atoms with Gasteiger partial charge in [-0.3, -0.25) is 4.79 Å². The smallest absolute Gasteiger partial charge is 0.322 e. The van der Waals surface area contributed by atoms with Gasteiger partial charge in [0.1, 0.15) is 0 Å². The molecule has 2 fully saturated rings. The lowest BCUT2D eigenvalue weighted by atomic mass is 10.2. The summed E-state index contributed by atoms with van der Waals surface area (Å²) in [7, 11) is 0. The first-order valence-electron chi connectivity index (χ1n) is 10.4. The third-order valence-corrected chi connectivity index (χ3v) is 5.68. The molecule has 154 valence electrons. The number of nitrogens with zero attached hydrogens (tertiary/aromatic N) is 3. The summed E-state index contributed by atoms with van der Waals surface area (Å²) < 4.78 is 5.19. The molecule has 2 aromatic rings. The Morgan fingerprint density at radius 3 is 2.17 bits per heavy atom. The summed E-state index contributed by atoms with van der Waals surface area (Å²) in [5, 5.41) is 3.09. The zero-order chi connectivity index (χ0) is 20.1. The summed E-state index contributed by atoms with van der Waals surface area (Å²) in [5.41, 5.74) is 1.95. The van der Waals surface area contributed by atoms with Crippen molar-refractivity contribution in [1.82, 2.24) is 9.80 Å². The van der Waals surface area contributed by atoms with Gasteiger partial charge in [-0.1, -0.05) is 25.0 Å². The first kappa shape index (κ1) is 19.4. The molecule has 4 rings (SSSR count). The maximum absolute atomic E-state index is 12.8. The molecule has 7 heteroatoms. The van der Waals surface area contributed by atoms with Crippen LogP contribution < -0.4 is 10.2 Å². The van der Waals surface area contributed by atoms with Gasteiger partial charge >= 0.3 is 6.03 Å². The minimum absolute atomic E-state index is 0.114. The Kier molecular flexibility index (Phi) is 6.03. The number of hydrogen-bond donors (Lipinski definition) is 1. The fraction of sp³-hybridized carbons (Fsp3) is 0.455. The second kappa shape index (κ2) is 9.03. The molecule has 3 heterocycles. The van der Waals surface area contributed by atoms with Crippen LogP contribution in [-0.4, -0.2) is 61.0 Å². The van der Waals surface area contributed by atoms with E-state index in [4.69, 9.17) is 4.42 Å². The van der Waals surface area contributed by atoms with Crippen LogP contribution in [0.3, 0.4) is 0 Å². The lowest BCUT2D eigenvalue weighted by Crippen LogP contribution is -2.51. The highest BCUT2D eigenvalue weighted by Crippen LogP contribution is 2.28. The molecule has 0 spiro atoms. The number of piperazine rings is 1. The van der Waals surface area contributed by atoms with Crippen LogP contribution in [0.15, 0.2) is 47.1 Å². The second-order valence-corrected chi connectivity index (χ2v) is 7.61. The fourth-order valence-corrected chi connectivity index (χ4v) is 4.03. The van der Waals surface area contributed by atoms with Crippen LogP contribution >= 0.6 is 0 Å². The summed E-state index contributed by atoms with van der Waals surface area (Å²) in [6, 6.07) is 11.3. The van der Waals surface area contributed by atoms with E-state index in [2.05, 4.69) is 16.3 Å². The van der Waals surface area contributed by atoms with Crippen molar-refractivity contribution in [3.05, 3.63) is 48.4 Å². The van der Waals surface area contributed by atoms with Gasteiger partial charge in [0, 0.05) is 39.3 Å². The Bertz CT molecular complexity index is 820. The van der Waals surface area contributed by atoms with Gasteiger partial charge in [0.25, 0.3) is 5.91 Å². The van der Waals surface area contributed by atoms with Crippen LogP contribution in [0.25, 0.3) is 0 Å². The van der Waals surface area contributed by atoms with E-state index in [0.717, 1.165) is 24.5 Å². The van der Waals surface area contributed by atoms with Gasteiger partial charge in [0.05, 0.1) is 17.6 Å². The summed E-state index contributed by atoms with van der Waals surface area (Å²) in [5.74, 6) is 0.218. The molecular weight excluding hydrogens is 368 g/mol. The summed E-state index contributed by atoms with van der Waals surface area (Å²) in [6.45, 7) is 4.07. The number of carbonyl (C=O) groups is 2. The standard InChI is InChI=1S/C22H28N4O3/c27-21(20-10-7-17-29-20)25-13-15-26(16-14-25)22(28)23-18-8-3-4-9-19(18)24-11-5-1-2-6-12-24/h3-4,7-10,17H,1-2,5-6,11-16H2,(H,23,28). The van der Waals surface area contributed by atoms with Crippen molar-refractivity contribution in [1.29, 1.82) is 0 Å². The molecule has 1 aromatic heterocycles.